The van der Waals surface area contributed by atoms with Crippen molar-refractivity contribution in [1.82, 2.24) is 4.98 Å². The number of benzene rings is 1. The maximum absolute atomic E-state index is 5.55. The smallest absolute Gasteiger partial charge is 0.133 e. The van der Waals surface area contributed by atoms with E-state index in [0.717, 1.165) is 40.3 Å². The number of hydrogen-bond donors (Lipinski definition) is 1. The van der Waals surface area contributed by atoms with Crippen LogP contribution >= 0.6 is 15.9 Å². The minimum absolute atomic E-state index is 0.750. The Morgan fingerprint density at radius 3 is 2.63 bits per heavy atom. The highest BCUT2D eigenvalue weighted by molar-refractivity contribution is 9.10. The van der Waals surface area contributed by atoms with Crippen LogP contribution in [0.5, 0.6) is 5.75 Å². The molecule has 0 radical (unpaired) electrons. The summed E-state index contributed by atoms with van der Waals surface area (Å²) in [6, 6.07) is 9.95. The Bertz CT molecular complexity index is 540. The molecule has 1 heterocycles. The van der Waals surface area contributed by atoms with Gasteiger partial charge in [0.15, 0.2) is 0 Å². The molecule has 3 nitrogen and oxygen atoms in total. The van der Waals surface area contributed by atoms with E-state index >= 15 is 0 Å². The van der Waals surface area contributed by atoms with E-state index in [1.54, 1.807) is 6.20 Å². The van der Waals surface area contributed by atoms with Crippen molar-refractivity contribution >= 4 is 27.4 Å². The number of hydrogen-bond acceptors (Lipinski definition) is 3. The van der Waals surface area contributed by atoms with Gasteiger partial charge in [0, 0.05) is 16.4 Å². The van der Waals surface area contributed by atoms with E-state index in [1.165, 1.54) is 0 Å². The van der Waals surface area contributed by atoms with Crippen molar-refractivity contribution in [2.75, 3.05) is 11.9 Å². The Hall–Kier alpha value is -1.55. The largest absolute Gasteiger partial charge is 0.494 e. The monoisotopic (exact) mass is 320 g/mol. The van der Waals surface area contributed by atoms with Crippen LogP contribution in [0.4, 0.5) is 11.5 Å². The summed E-state index contributed by atoms with van der Waals surface area (Å²) < 4.78 is 6.54. The van der Waals surface area contributed by atoms with Crippen molar-refractivity contribution < 1.29 is 4.74 Å². The van der Waals surface area contributed by atoms with Gasteiger partial charge in [0.05, 0.1) is 6.61 Å². The van der Waals surface area contributed by atoms with Gasteiger partial charge in [-0.1, -0.05) is 6.92 Å². The molecule has 1 N–H and O–H groups in total. The van der Waals surface area contributed by atoms with Crippen molar-refractivity contribution in [1.29, 1.82) is 0 Å². The molecule has 1 aromatic heterocycles. The van der Waals surface area contributed by atoms with Gasteiger partial charge < -0.3 is 10.1 Å². The molecular formula is C15H17BrN2O. The maximum atomic E-state index is 5.55. The molecule has 0 bridgehead atoms. The van der Waals surface area contributed by atoms with Crippen LogP contribution in [-0.2, 0) is 0 Å². The predicted molar refractivity (Wildman–Crippen MR) is 82.2 cm³/mol. The zero-order chi connectivity index (χ0) is 13.7. The predicted octanol–water partition coefficient (Wildman–Crippen LogP) is 4.68. The van der Waals surface area contributed by atoms with Gasteiger partial charge >= 0.3 is 0 Å². The lowest BCUT2D eigenvalue weighted by atomic mass is 10.2. The van der Waals surface area contributed by atoms with Gasteiger partial charge in [-0.2, -0.15) is 0 Å². The number of pyridine rings is 1. The summed E-state index contributed by atoms with van der Waals surface area (Å²) in [5, 5.41) is 3.30. The second kappa shape index (κ2) is 6.57. The van der Waals surface area contributed by atoms with Gasteiger partial charge in [0.25, 0.3) is 0 Å². The van der Waals surface area contributed by atoms with Gasteiger partial charge in [0.2, 0.25) is 0 Å². The van der Waals surface area contributed by atoms with Gasteiger partial charge in [-0.25, -0.2) is 4.98 Å². The van der Waals surface area contributed by atoms with Crippen molar-refractivity contribution in [3.63, 3.8) is 0 Å². The zero-order valence-corrected chi connectivity index (χ0v) is 12.7. The van der Waals surface area contributed by atoms with E-state index in [-0.39, 0.29) is 0 Å². The third-order valence-electron chi connectivity index (χ3n) is 2.63. The number of rotatable bonds is 5. The molecule has 0 aliphatic rings. The van der Waals surface area contributed by atoms with Crippen LogP contribution in [0.25, 0.3) is 0 Å². The quantitative estimate of drug-likeness (QED) is 0.868. The number of nitrogens with one attached hydrogen (secondary N) is 1. The maximum Gasteiger partial charge on any atom is 0.133 e. The zero-order valence-electron chi connectivity index (χ0n) is 11.1. The lowest BCUT2D eigenvalue weighted by molar-refractivity contribution is 0.317. The number of ether oxygens (including phenoxy) is 1. The van der Waals surface area contributed by atoms with Crippen LogP contribution in [0.2, 0.25) is 0 Å². The number of anilines is 2. The lowest BCUT2D eigenvalue weighted by Gasteiger charge is -2.10. The van der Waals surface area contributed by atoms with E-state index in [2.05, 4.69) is 33.2 Å². The molecule has 0 saturated carbocycles. The first-order chi connectivity index (χ1) is 9.19. The third-order valence-corrected chi connectivity index (χ3v) is 3.07. The highest BCUT2D eigenvalue weighted by Gasteiger charge is 2.01. The van der Waals surface area contributed by atoms with Crippen LogP contribution in [0, 0.1) is 6.92 Å². The molecular weight excluding hydrogens is 304 g/mol. The Balaban J connectivity index is 2.06. The molecule has 19 heavy (non-hydrogen) atoms. The molecule has 100 valence electrons. The number of aryl methyl sites for hydroxylation is 1. The third kappa shape index (κ3) is 3.96. The molecule has 0 amide bonds. The highest BCUT2D eigenvalue weighted by Crippen LogP contribution is 2.22. The lowest BCUT2D eigenvalue weighted by Crippen LogP contribution is -1.97. The first kappa shape index (κ1) is 13.9. The fraction of sp³-hybridized carbons (Fsp3) is 0.267. The van der Waals surface area contributed by atoms with Gasteiger partial charge in [-0.15, -0.1) is 0 Å². The average molecular weight is 321 g/mol. The van der Waals surface area contributed by atoms with Gasteiger partial charge in [0.1, 0.15) is 11.6 Å². The first-order valence-corrected chi connectivity index (χ1v) is 7.10. The van der Waals surface area contributed by atoms with Crippen molar-refractivity contribution in [3.8, 4) is 5.75 Å². The summed E-state index contributed by atoms with van der Waals surface area (Å²) in [6.45, 7) is 4.87. The normalized spacial score (nSPS) is 10.3. The van der Waals surface area contributed by atoms with Crippen LogP contribution in [0.1, 0.15) is 18.9 Å². The van der Waals surface area contributed by atoms with E-state index in [4.69, 9.17) is 4.74 Å². The summed E-state index contributed by atoms with van der Waals surface area (Å²) in [7, 11) is 0. The highest BCUT2D eigenvalue weighted by atomic mass is 79.9. The Labute approximate surface area is 122 Å². The van der Waals surface area contributed by atoms with E-state index in [1.807, 2.05) is 37.3 Å². The molecule has 0 aliphatic heterocycles. The minimum Gasteiger partial charge on any atom is -0.494 e. The molecule has 0 unspecified atom stereocenters. The molecule has 0 atom stereocenters. The average Bonchev–Trinajstić information content (AvgIpc) is 2.41. The molecule has 0 saturated heterocycles. The molecule has 0 fully saturated rings. The van der Waals surface area contributed by atoms with E-state index < -0.39 is 0 Å². The van der Waals surface area contributed by atoms with Crippen LogP contribution in [0.15, 0.2) is 41.0 Å². The van der Waals surface area contributed by atoms with E-state index in [0.29, 0.717) is 0 Å². The van der Waals surface area contributed by atoms with Crippen LogP contribution in [-0.4, -0.2) is 11.6 Å². The van der Waals surface area contributed by atoms with Crippen LogP contribution < -0.4 is 10.1 Å². The molecule has 4 heteroatoms. The summed E-state index contributed by atoms with van der Waals surface area (Å²) in [5.41, 5.74) is 2.10. The Morgan fingerprint density at radius 2 is 2.00 bits per heavy atom. The number of halogens is 1. The Morgan fingerprint density at radius 1 is 1.26 bits per heavy atom. The topological polar surface area (TPSA) is 34.1 Å². The standard InChI is InChI=1S/C15H17BrN2O/c1-3-8-19-14-6-4-13(5-7-14)18-15-11(2)9-12(16)10-17-15/h4-7,9-10H,3,8H2,1-2H3,(H,17,18). The second-order valence-corrected chi connectivity index (χ2v) is 5.23. The molecule has 0 spiro atoms. The van der Waals surface area contributed by atoms with E-state index in [9.17, 15) is 0 Å². The number of aromatic nitrogens is 1. The number of nitrogens with zero attached hydrogens (tertiary/aromatic N) is 1. The summed E-state index contributed by atoms with van der Waals surface area (Å²) in [4.78, 5) is 4.36. The van der Waals surface area contributed by atoms with Gasteiger partial charge in [-0.3, -0.25) is 0 Å². The second-order valence-electron chi connectivity index (χ2n) is 4.32. The summed E-state index contributed by atoms with van der Waals surface area (Å²) >= 11 is 3.41. The molecule has 0 aliphatic carbocycles. The fourth-order valence-electron chi connectivity index (χ4n) is 1.66. The fourth-order valence-corrected chi connectivity index (χ4v) is 2.11. The van der Waals surface area contributed by atoms with Gasteiger partial charge in [-0.05, 0) is 65.2 Å². The van der Waals surface area contributed by atoms with Crippen molar-refractivity contribution in [2.45, 2.75) is 20.3 Å². The van der Waals surface area contributed by atoms with Crippen molar-refractivity contribution in [2.24, 2.45) is 0 Å². The van der Waals surface area contributed by atoms with Crippen molar-refractivity contribution in [3.05, 3.63) is 46.6 Å². The molecule has 2 rings (SSSR count). The Kier molecular flexibility index (Phi) is 4.80. The molecule has 2 aromatic rings. The first-order valence-electron chi connectivity index (χ1n) is 6.31. The summed E-state index contributed by atoms with van der Waals surface area (Å²) in [6.07, 6.45) is 2.80. The van der Waals surface area contributed by atoms with Crippen LogP contribution in [0.3, 0.4) is 0 Å². The summed E-state index contributed by atoms with van der Waals surface area (Å²) in [5.74, 6) is 1.76. The SMILES string of the molecule is CCCOc1ccc(Nc2ncc(Br)cc2C)cc1. The molecule has 1 aromatic carbocycles. The minimum atomic E-state index is 0.750.